The molecule has 0 aliphatic heterocycles. The first kappa shape index (κ1) is 28.1. The quantitative estimate of drug-likeness (QED) is 0.352. The first-order valence-electron chi connectivity index (χ1n) is 14.8. The Hall–Kier alpha value is -0.870. The van der Waals surface area contributed by atoms with Gasteiger partial charge in [-0.1, -0.05) is 46.8 Å². The minimum atomic E-state index is -0.538. The summed E-state index contributed by atoms with van der Waals surface area (Å²) in [7, 11) is 0. The number of aliphatic hydroxyl groups is 2. The second-order valence-corrected chi connectivity index (χ2v) is 14.8. The smallest absolute Gasteiger partial charge is 0.309 e. The molecule has 0 aromatic rings. The molecule has 5 saturated carbocycles. The molecular weight excluding hydrogens is 448 g/mol. The molecule has 0 bridgehead atoms. The van der Waals surface area contributed by atoms with Crippen molar-refractivity contribution in [3.05, 3.63) is 12.2 Å². The van der Waals surface area contributed by atoms with Crippen LogP contribution in [0.2, 0.25) is 0 Å². The summed E-state index contributed by atoms with van der Waals surface area (Å²) in [6.45, 7) is 20.8. The normalized spacial score (nSPS) is 50.9. The molecule has 0 aromatic heterocycles. The molecule has 36 heavy (non-hydrogen) atoms. The van der Waals surface area contributed by atoms with Crippen LogP contribution in [0.1, 0.15) is 113 Å². The zero-order valence-electron chi connectivity index (χ0n) is 24.2. The van der Waals surface area contributed by atoms with Gasteiger partial charge in [-0.15, -0.1) is 0 Å². The fourth-order valence-electron chi connectivity index (χ4n) is 11.5. The zero-order chi connectivity index (χ0) is 26.9. The van der Waals surface area contributed by atoms with Crippen molar-refractivity contribution in [1.82, 2.24) is 0 Å². The van der Waals surface area contributed by atoms with Crippen LogP contribution in [0.15, 0.2) is 12.2 Å². The van der Waals surface area contributed by atoms with Crippen LogP contribution in [0.5, 0.6) is 0 Å². The van der Waals surface area contributed by atoms with E-state index < -0.39 is 11.4 Å². The van der Waals surface area contributed by atoms with Crippen LogP contribution in [0.4, 0.5) is 0 Å². The highest BCUT2D eigenvalue weighted by Gasteiger charge is 2.71. The Kier molecular flexibility index (Phi) is 7.12. The van der Waals surface area contributed by atoms with Crippen LogP contribution in [0.3, 0.4) is 0 Å². The van der Waals surface area contributed by atoms with Crippen molar-refractivity contribution >= 4 is 5.97 Å². The topological polar surface area (TPSA) is 77.8 Å². The molecule has 5 aliphatic carbocycles. The van der Waals surface area contributed by atoms with E-state index in [4.69, 9.17) is 5.11 Å². The average molecular weight is 503 g/mol. The lowest BCUT2D eigenvalue weighted by Crippen LogP contribution is -2.67. The molecule has 0 saturated heterocycles. The summed E-state index contributed by atoms with van der Waals surface area (Å²) >= 11 is 0. The fourth-order valence-corrected chi connectivity index (χ4v) is 11.5. The van der Waals surface area contributed by atoms with Gasteiger partial charge in [0.2, 0.25) is 0 Å². The zero-order valence-corrected chi connectivity index (χ0v) is 24.2. The van der Waals surface area contributed by atoms with Crippen LogP contribution >= 0.6 is 0 Å². The number of carboxylic acid groups (broad SMARTS) is 1. The van der Waals surface area contributed by atoms with Crippen molar-refractivity contribution < 1.29 is 20.1 Å². The van der Waals surface area contributed by atoms with Gasteiger partial charge in [0.25, 0.3) is 0 Å². The van der Waals surface area contributed by atoms with Crippen molar-refractivity contribution in [1.29, 1.82) is 0 Å². The third-order valence-electron chi connectivity index (χ3n) is 13.5. The minimum absolute atomic E-state index is 0.0202. The molecule has 206 valence electrons. The number of aliphatic carboxylic acids is 1. The monoisotopic (exact) mass is 502 g/mol. The Morgan fingerprint density at radius 1 is 0.861 bits per heavy atom. The average Bonchev–Trinajstić information content (AvgIpc) is 3.19. The maximum Gasteiger partial charge on any atom is 0.309 e. The molecule has 3 N–H and O–H groups in total. The van der Waals surface area contributed by atoms with E-state index in [1.807, 2.05) is 0 Å². The van der Waals surface area contributed by atoms with E-state index in [0.717, 1.165) is 38.5 Å². The molecule has 0 amide bonds. The molecule has 4 heteroatoms. The SMILES string of the molecule is C=C(C)[C@@H]1CC[C@]2(C(=O)O)CC[C@]3(C)[C@H](CC[C@@H]4[C@@]5(C)CC[C@H](O)C(C)(C)[C@@H]5CC[C@]43C)[C@@H]12.CCO. The summed E-state index contributed by atoms with van der Waals surface area (Å²) in [5, 5.41) is 29.0. The van der Waals surface area contributed by atoms with Gasteiger partial charge in [0.05, 0.1) is 11.5 Å². The van der Waals surface area contributed by atoms with Crippen molar-refractivity contribution in [2.45, 2.75) is 119 Å². The number of rotatable bonds is 2. The maximum atomic E-state index is 12.8. The Labute approximate surface area is 220 Å². The van der Waals surface area contributed by atoms with Gasteiger partial charge >= 0.3 is 5.97 Å². The highest BCUT2D eigenvalue weighted by Crippen LogP contribution is 2.77. The third kappa shape index (κ3) is 3.55. The van der Waals surface area contributed by atoms with Crippen molar-refractivity contribution in [2.24, 2.45) is 56.7 Å². The number of hydrogen-bond acceptors (Lipinski definition) is 3. The molecule has 0 unspecified atom stereocenters. The van der Waals surface area contributed by atoms with Gasteiger partial charge < -0.3 is 15.3 Å². The maximum absolute atomic E-state index is 12.8. The molecular formula is C32H54O4. The van der Waals surface area contributed by atoms with Gasteiger partial charge in [-0.05, 0) is 129 Å². The Balaban J connectivity index is 0.000000967. The number of aliphatic hydroxyl groups excluding tert-OH is 2. The van der Waals surface area contributed by atoms with Crippen LogP contribution < -0.4 is 0 Å². The standard InChI is InChI=1S/C30H48O3.C2H6O/c1-18(2)19-10-15-30(25(32)33)17-16-28(6)20(24(19)30)8-9-22-27(5)13-12-23(31)26(3,4)21(27)11-14-29(22,28)7;1-2-3/h19-24,31H,1,8-17H2,2-7H3,(H,32,33);3H,2H2,1H3/t19-,20+,21-,22+,23-,24+,27-,28+,29+,30-;/m0./s1. The molecule has 10 atom stereocenters. The molecule has 0 radical (unpaired) electrons. The third-order valence-corrected chi connectivity index (χ3v) is 13.5. The summed E-state index contributed by atoms with van der Waals surface area (Å²) < 4.78 is 0. The van der Waals surface area contributed by atoms with Crippen LogP contribution in [-0.2, 0) is 4.79 Å². The largest absolute Gasteiger partial charge is 0.481 e. The minimum Gasteiger partial charge on any atom is -0.481 e. The van der Waals surface area contributed by atoms with Crippen molar-refractivity contribution in [3.63, 3.8) is 0 Å². The molecule has 0 heterocycles. The summed E-state index contributed by atoms with van der Waals surface area (Å²) in [6.07, 6.45) is 10.5. The van der Waals surface area contributed by atoms with E-state index in [1.54, 1.807) is 6.92 Å². The first-order chi connectivity index (χ1) is 16.7. The summed E-state index contributed by atoms with van der Waals surface area (Å²) in [6, 6.07) is 0. The predicted octanol–water partition coefficient (Wildman–Crippen LogP) is 7.09. The highest BCUT2D eigenvalue weighted by molar-refractivity contribution is 5.76. The van der Waals surface area contributed by atoms with Gasteiger partial charge in [0.15, 0.2) is 0 Å². The molecule has 5 rings (SSSR count). The summed E-state index contributed by atoms with van der Waals surface area (Å²) in [4.78, 5) is 12.8. The van der Waals surface area contributed by atoms with E-state index >= 15 is 0 Å². The molecule has 4 nitrogen and oxygen atoms in total. The lowest BCUT2D eigenvalue weighted by molar-refractivity contribution is -0.248. The van der Waals surface area contributed by atoms with E-state index in [9.17, 15) is 15.0 Å². The Morgan fingerprint density at radius 2 is 1.50 bits per heavy atom. The molecule has 5 fully saturated rings. The number of carbonyl (C=O) groups is 1. The first-order valence-corrected chi connectivity index (χ1v) is 14.8. The van der Waals surface area contributed by atoms with E-state index in [-0.39, 0.29) is 40.3 Å². The molecule has 0 aromatic carbocycles. The van der Waals surface area contributed by atoms with Gasteiger partial charge in [0, 0.05) is 6.61 Å². The van der Waals surface area contributed by atoms with Crippen LogP contribution in [0.25, 0.3) is 0 Å². The number of hydrogen-bond donors (Lipinski definition) is 3. The van der Waals surface area contributed by atoms with Crippen molar-refractivity contribution in [2.75, 3.05) is 6.61 Å². The fraction of sp³-hybridized carbons (Fsp3) is 0.906. The Morgan fingerprint density at radius 3 is 2.08 bits per heavy atom. The highest BCUT2D eigenvalue weighted by atomic mass is 16.4. The lowest BCUT2D eigenvalue weighted by Gasteiger charge is -2.72. The van der Waals surface area contributed by atoms with Crippen LogP contribution in [0, 0.1) is 56.7 Å². The van der Waals surface area contributed by atoms with Gasteiger partial charge in [-0.3, -0.25) is 4.79 Å². The van der Waals surface area contributed by atoms with E-state index in [2.05, 4.69) is 48.1 Å². The van der Waals surface area contributed by atoms with E-state index in [1.165, 1.54) is 31.3 Å². The van der Waals surface area contributed by atoms with Gasteiger partial charge in [0.1, 0.15) is 0 Å². The second-order valence-electron chi connectivity index (χ2n) is 14.8. The molecule has 5 aliphatic rings. The predicted molar refractivity (Wildman–Crippen MR) is 145 cm³/mol. The number of fused-ring (bicyclic) bond motifs is 7. The second kappa shape index (κ2) is 9.11. The van der Waals surface area contributed by atoms with Crippen molar-refractivity contribution in [3.8, 4) is 0 Å². The summed E-state index contributed by atoms with van der Waals surface area (Å²) in [5.74, 6) is 1.79. The van der Waals surface area contributed by atoms with Gasteiger partial charge in [-0.25, -0.2) is 0 Å². The summed E-state index contributed by atoms with van der Waals surface area (Å²) in [5.41, 5.74) is 1.35. The van der Waals surface area contributed by atoms with Crippen LogP contribution in [-0.4, -0.2) is 34.0 Å². The Bertz CT molecular complexity index is 879. The van der Waals surface area contributed by atoms with Gasteiger partial charge in [-0.2, -0.15) is 0 Å². The number of allylic oxidation sites excluding steroid dienone is 1. The lowest BCUT2D eigenvalue weighted by atomic mass is 9.32. The molecule has 0 spiro atoms. The number of carboxylic acids is 1. The van der Waals surface area contributed by atoms with E-state index in [0.29, 0.717) is 23.7 Å².